The zero-order chi connectivity index (χ0) is 20.2. The fourth-order valence-electron chi connectivity index (χ4n) is 3.21. The van der Waals surface area contributed by atoms with E-state index in [1.165, 1.54) is 0 Å². The topological polar surface area (TPSA) is 64.2 Å². The lowest BCUT2D eigenvalue weighted by atomic mass is 10.1. The van der Waals surface area contributed by atoms with Gasteiger partial charge < -0.3 is 9.47 Å². The molecule has 0 aliphatic carbocycles. The first-order valence-corrected chi connectivity index (χ1v) is 9.10. The predicted molar refractivity (Wildman–Crippen MR) is 110 cm³/mol. The Morgan fingerprint density at radius 1 is 1.03 bits per heavy atom. The first-order chi connectivity index (χ1) is 14.2. The van der Waals surface area contributed by atoms with Gasteiger partial charge in [0.1, 0.15) is 18.1 Å². The van der Waals surface area contributed by atoms with Gasteiger partial charge in [-0.2, -0.15) is 5.26 Å². The summed E-state index contributed by atoms with van der Waals surface area (Å²) in [5.41, 5.74) is 2.72. The van der Waals surface area contributed by atoms with E-state index in [0.717, 1.165) is 22.2 Å². The summed E-state index contributed by atoms with van der Waals surface area (Å²) in [6, 6.07) is 24.0. The molecule has 5 nitrogen and oxygen atoms in total. The summed E-state index contributed by atoms with van der Waals surface area (Å²) < 4.78 is 12.8. The van der Waals surface area contributed by atoms with E-state index in [2.05, 4.69) is 6.07 Å². The van der Waals surface area contributed by atoms with Gasteiger partial charge in [-0.05, 0) is 54.1 Å². The molecule has 0 atom stereocenters. The average Bonchev–Trinajstić information content (AvgIpc) is 3.20. The van der Waals surface area contributed by atoms with Crippen LogP contribution in [0.1, 0.15) is 21.5 Å². The molecule has 1 heterocycles. The maximum atomic E-state index is 13.2. The molecule has 0 radical (unpaired) electrons. The van der Waals surface area contributed by atoms with Gasteiger partial charge in [-0.15, -0.1) is 0 Å². The molecule has 3 aromatic carbocycles. The lowest BCUT2D eigenvalue weighted by molar-refractivity contribution is 0.0960. The van der Waals surface area contributed by atoms with Crippen molar-refractivity contribution in [1.82, 2.24) is 4.57 Å². The number of carbonyl (C=O) groups is 1. The minimum absolute atomic E-state index is 0.189. The summed E-state index contributed by atoms with van der Waals surface area (Å²) in [6.45, 7) is 0.319. The summed E-state index contributed by atoms with van der Waals surface area (Å²) in [4.78, 5) is 13.2. The number of carbonyl (C=O) groups excluding carboxylic acids is 1. The van der Waals surface area contributed by atoms with Crippen LogP contribution in [0.3, 0.4) is 0 Å². The van der Waals surface area contributed by atoms with Crippen LogP contribution in [0.25, 0.3) is 10.9 Å². The molecule has 142 valence electrons. The van der Waals surface area contributed by atoms with Crippen LogP contribution in [0.5, 0.6) is 11.5 Å². The number of fused-ring (bicyclic) bond motifs is 1. The standard InChI is InChI=1S/C24H18N2O3/c1-28-20-6-4-5-18(14-20)16-29-23-8-3-2-7-21(23)24(27)26-12-11-19-13-17(15-25)9-10-22(19)26/h2-14H,16H2,1H3. The third-order valence-corrected chi connectivity index (χ3v) is 4.68. The summed E-state index contributed by atoms with van der Waals surface area (Å²) in [7, 11) is 1.62. The number of hydrogen-bond donors (Lipinski definition) is 0. The lowest BCUT2D eigenvalue weighted by Gasteiger charge is -2.12. The third kappa shape index (κ3) is 3.69. The Kier molecular flexibility index (Phi) is 5.00. The largest absolute Gasteiger partial charge is 0.497 e. The van der Waals surface area contributed by atoms with Crippen LogP contribution in [-0.2, 0) is 6.61 Å². The number of nitriles is 1. The molecule has 0 unspecified atom stereocenters. The predicted octanol–water partition coefficient (Wildman–Crippen LogP) is 4.79. The van der Waals surface area contributed by atoms with Crippen molar-refractivity contribution in [2.75, 3.05) is 7.11 Å². The van der Waals surface area contributed by atoms with E-state index < -0.39 is 0 Å². The second-order valence-electron chi connectivity index (χ2n) is 6.51. The Labute approximate surface area is 168 Å². The molecule has 29 heavy (non-hydrogen) atoms. The Morgan fingerprint density at radius 3 is 2.72 bits per heavy atom. The highest BCUT2D eigenvalue weighted by Gasteiger charge is 2.16. The molecule has 1 aromatic heterocycles. The molecular formula is C24H18N2O3. The minimum Gasteiger partial charge on any atom is -0.497 e. The molecule has 0 spiro atoms. The van der Waals surface area contributed by atoms with Crippen molar-refractivity contribution in [1.29, 1.82) is 5.26 Å². The quantitative estimate of drug-likeness (QED) is 0.498. The first-order valence-electron chi connectivity index (χ1n) is 9.10. The maximum absolute atomic E-state index is 13.2. The molecule has 0 N–H and O–H groups in total. The van der Waals surface area contributed by atoms with Gasteiger partial charge in [0.2, 0.25) is 0 Å². The van der Waals surface area contributed by atoms with Crippen molar-refractivity contribution in [3.63, 3.8) is 0 Å². The van der Waals surface area contributed by atoms with Crippen LogP contribution < -0.4 is 9.47 Å². The molecule has 4 aromatic rings. The summed E-state index contributed by atoms with van der Waals surface area (Å²) in [6.07, 6.45) is 1.72. The summed E-state index contributed by atoms with van der Waals surface area (Å²) in [5, 5.41) is 9.91. The zero-order valence-corrected chi connectivity index (χ0v) is 15.8. The van der Waals surface area contributed by atoms with Crippen LogP contribution in [0.4, 0.5) is 0 Å². The Bertz CT molecular complexity index is 1230. The molecule has 0 amide bonds. The molecule has 0 aliphatic rings. The Hall–Kier alpha value is -4.04. The molecule has 0 saturated carbocycles. The molecule has 0 saturated heterocycles. The second kappa shape index (κ2) is 7.91. The van der Waals surface area contributed by atoms with Gasteiger partial charge >= 0.3 is 0 Å². The van der Waals surface area contributed by atoms with Gasteiger partial charge in [0.05, 0.1) is 29.8 Å². The number of methoxy groups -OCH3 is 1. The van der Waals surface area contributed by atoms with Gasteiger partial charge in [0.15, 0.2) is 0 Å². The van der Waals surface area contributed by atoms with Gasteiger partial charge in [-0.3, -0.25) is 9.36 Å². The number of benzene rings is 3. The molecule has 4 rings (SSSR count). The number of para-hydroxylation sites is 1. The van der Waals surface area contributed by atoms with Crippen molar-refractivity contribution in [2.24, 2.45) is 0 Å². The summed E-state index contributed by atoms with van der Waals surface area (Å²) >= 11 is 0. The van der Waals surface area contributed by atoms with Crippen LogP contribution in [0.15, 0.2) is 79.0 Å². The van der Waals surface area contributed by atoms with E-state index in [-0.39, 0.29) is 5.91 Å². The number of hydrogen-bond acceptors (Lipinski definition) is 4. The zero-order valence-electron chi connectivity index (χ0n) is 15.8. The highest BCUT2D eigenvalue weighted by molar-refractivity contribution is 6.04. The van der Waals surface area contributed by atoms with Gasteiger partial charge in [0, 0.05) is 11.6 Å². The lowest BCUT2D eigenvalue weighted by Crippen LogP contribution is -2.12. The van der Waals surface area contributed by atoms with E-state index >= 15 is 0 Å². The maximum Gasteiger partial charge on any atom is 0.266 e. The normalized spacial score (nSPS) is 10.5. The molecule has 5 heteroatoms. The van der Waals surface area contributed by atoms with E-state index in [0.29, 0.717) is 23.5 Å². The average molecular weight is 382 g/mol. The highest BCUT2D eigenvalue weighted by atomic mass is 16.5. The van der Waals surface area contributed by atoms with Crippen LogP contribution in [-0.4, -0.2) is 17.6 Å². The van der Waals surface area contributed by atoms with Gasteiger partial charge in [-0.1, -0.05) is 24.3 Å². The van der Waals surface area contributed by atoms with E-state index in [1.54, 1.807) is 48.2 Å². The number of rotatable bonds is 5. The monoisotopic (exact) mass is 382 g/mol. The van der Waals surface area contributed by atoms with E-state index in [9.17, 15) is 4.79 Å². The van der Waals surface area contributed by atoms with Gasteiger partial charge in [-0.25, -0.2) is 0 Å². The molecule has 0 fully saturated rings. The van der Waals surface area contributed by atoms with Crippen molar-refractivity contribution in [3.8, 4) is 17.6 Å². The highest BCUT2D eigenvalue weighted by Crippen LogP contribution is 2.24. The number of nitrogens with zero attached hydrogens (tertiary/aromatic N) is 2. The number of ether oxygens (including phenoxy) is 2. The van der Waals surface area contributed by atoms with Crippen molar-refractivity contribution < 1.29 is 14.3 Å². The van der Waals surface area contributed by atoms with Crippen molar-refractivity contribution in [2.45, 2.75) is 6.61 Å². The van der Waals surface area contributed by atoms with E-state index in [4.69, 9.17) is 14.7 Å². The molecule has 0 bridgehead atoms. The Morgan fingerprint density at radius 2 is 1.90 bits per heavy atom. The van der Waals surface area contributed by atoms with Crippen LogP contribution in [0, 0.1) is 11.3 Å². The molecular weight excluding hydrogens is 364 g/mol. The fourth-order valence-corrected chi connectivity index (χ4v) is 3.21. The smallest absolute Gasteiger partial charge is 0.266 e. The van der Waals surface area contributed by atoms with Crippen LogP contribution >= 0.6 is 0 Å². The van der Waals surface area contributed by atoms with Crippen molar-refractivity contribution in [3.05, 3.63) is 95.7 Å². The van der Waals surface area contributed by atoms with Gasteiger partial charge in [0.25, 0.3) is 5.91 Å². The van der Waals surface area contributed by atoms with E-state index in [1.807, 2.05) is 42.5 Å². The Balaban J connectivity index is 1.62. The fraction of sp³-hybridized carbons (Fsp3) is 0.0833. The SMILES string of the molecule is COc1cccc(COc2ccccc2C(=O)n2ccc3cc(C#N)ccc32)c1. The summed E-state index contributed by atoms with van der Waals surface area (Å²) in [5.74, 6) is 1.08. The number of aromatic nitrogens is 1. The second-order valence-corrected chi connectivity index (χ2v) is 6.51. The van der Waals surface area contributed by atoms with Crippen molar-refractivity contribution >= 4 is 16.8 Å². The minimum atomic E-state index is -0.189. The third-order valence-electron chi connectivity index (χ3n) is 4.68. The van der Waals surface area contributed by atoms with Crippen LogP contribution in [0.2, 0.25) is 0 Å². The first kappa shape index (κ1) is 18.3. The molecule has 0 aliphatic heterocycles.